The summed E-state index contributed by atoms with van der Waals surface area (Å²) in [6, 6.07) is 0. The first-order chi connectivity index (χ1) is 15.2. The van der Waals surface area contributed by atoms with E-state index in [4.69, 9.17) is 0 Å². The van der Waals surface area contributed by atoms with Gasteiger partial charge in [0.15, 0.2) is 0 Å². The van der Waals surface area contributed by atoms with Crippen molar-refractivity contribution in [2.24, 2.45) is 44.3 Å². The Kier molecular flexibility index (Phi) is 5.09. The minimum atomic E-state index is -0.906. The van der Waals surface area contributed by atoms with Gasteiger partial charge in [-0.25, -0.2) is 0 Å². The van der Waals surface area contributed by atoms with Crippen LogP contribution in [0.25, 0.3) is 0 Å². The fourth-order valence-electron chi connectivity index (χ4n) is 9.93. The fraction of sp³-hybridized carbons (Fsp3) is 0.867. The fourth-order valence-corrected chi connectivity index (χ4v) is 9.93. The van der Waals surface area contributed by atoms with Crippen LogP contribution >= 0.6 is 0 Å². The molecule has 0 bridgehead atoms. The van der Waals surface area contributed by atoms with Gasteiger partial charge in [-0.2, -0.15) is 0 Å². The highest BCUT2D eigenvalue weighted by atomic mass is 16.3. The lowest BCUT2D eigenvalue weighted by Gasteiger charge is -2.69. The Balaban J connectivity index is 1.61. The van der Waals surface area contributed by atoms with Crippen LogP contribution in [0.3, 0.4) is 0 Å². The Hall–Kier alpha value is -0.640. The van der Waals surface area contributed by atoms with Gasteiger partial charge < -0.3 is 15.3 Å². The van der Waals surface area contributed by atoms with Crippen molar-refractivity contribution in [1.29, 1.82) is 0 Å². The number of aliphatic hydroxyl groups is 3. The summed E-state index contributed by atoms with van der Waals surface area (Å²) in [5.74, 6) is 1.09. The van der Waals surface area contributed by atoms with Gasteiger partial charge in [0.25, 0.3) is 0 Å². The summed E-state index contributed by atoms with van der Waals surface area (Å²) in [5, 5.41) is 32.2. The zero-order valence-corrected chi connectivity index (χ0v) is 22.2. The second-order valence-corrected chi connectivity index (χ2v) is 14.8. The summed E-state index contributed by atoms with van der Waals surface area (Å²) in [4.78, 5) is 0. The van der Waals surface area contributed by atoms with Gasteiger partial charge in [-0.3, -0.25) is 0 Å². The molecule has 9 atom stereocenters. The second kappa shape index (κ2) is 6.98. The molecule has 5 rings (SSSR count). The third kappa shape index (κ3) is 2.91. The minimum absolute atomic E-state index is 0.121. The van der Waals surface area contributed by atoms with E-state index in [0.29, 0.717) is 29.1 Å². The van der Waals surface area contributed by atoms with Gasteiger partial charge in [0.2, 0.25) is 0 Å². The van der Waals surface area contributed by atoms with E-state index in [2.05, 4.69) is 53.7 Å². The van der Waals surface area contributed by atoms with Crippen molar-refractivity contribution in [2.75, 3.05) is 6.61 Å². The average Bonchev–Trinajstić information content (AvgIpc) is 2.73. The Morgan fingerprint density at radius 2 is 1.55 bits per heavy atom. The molecule has 3 nitrogen and oxygen atoms in total. The van der Waals surface area contributed by atoms with Gasteiger partial charge >= 0.3 is 0 Å². The molecule has 3 N–H and O–H groups in total. The van der Waals surface area contributed by atoms with Crippen LogP contribution in [-0.4, -0.2) is 34.1 Å². The summed E-state index contributed by atoms with van der Waals surface area (Å²) in [6.07, 6.45) is 12.5. The molecule has 0 saturated heterocycles. The summed E-state index contributed by atoms with van der Waals surface area (Å²) in [7, 11) is 0. The van der Waals surface area contributed by atoms with E-state index in [0.717, 1.165) is 12.8 Å². The molecule has 0 aromatic rings. The highest BCUT2D eigenvalue weighted by Gasteiger charge is 2.67. The Morgan fingerprint density at radius 1 is 0.879 bits per heavy atom. The van der Waals surface area contributed by atoms with E-state index >= 15 is 0 Å². The van der Waals surface area contributed by atoms with Crippen molar-refractivity contribution in [2.45, 2.75) is 112 Å². The third-order valence-corrected chi connectivity index (χ3v) is 12.5. The van der Waals surface area contributed by atoms with E-state index in [1.165, 1.54) is 37.7 Å². The van der Waals surface area contributed by atoms with Gasteiger partial charge in [-0.1, -0.05) is 71.8 Å². The molecule has 0 unspecified atom stereocenters. The Morgan fingerprint density at radius 3 is 2.21 bits per heavy atom. The first-order valence-electron chi connectivity index (χ1n) is 13.6. The maximum atomic E-state index is 11.0. The molecule has 0 aliphatic heterocycles. The van der Waals surface area contributed by atoms with E-state index in [1.807, 2.05) is 6.92 Å². The Bertz CT molecular complexity index is 902. The van der Waals surface area contributed by atoms with Crippen molar-refractivity contribution >= 4 is 0 Å². The molecular formula is C30H48O3. The standard InChI is InChI=1S/C30H48O3/c1-25(2)12-13-26(3)14-15-29(6)19(20(26)16-25)8-9-23-27(4)17-21(32)24(33)28(5,18-31)22(27)10-11-30(23,29)7/h8,10,20-21,23-24,31-33H,9,11-18H2,1-7H3/t20-,21+,23-,24+,26-,27+,28+,29-,30-/m1/s1. The molecule has 0 radical (unpaired) electrons. The van der Waals surface area contributed by atoms with Crippen LogP contribution in [0.5, 0.6) is 0 Å². The van der Waals surface area contributed by atoms with Crippen LogP contribution in [0, 0.1) is 44.3 Å². The van der Waals surface area contributed by atoms with Crippen molar-refractivity contribution < 1.29 is 15.3 Å². The second-order valence-electron chi connectivity index (χ2n) is 14.8. The average molecular weight is 457 g/mol. The molecule has 3 heteroatoms. The first kappa shape index (κ1) is 24.1. The van der Waals surface area contributed by atoms with E-state index in [9.17, 15) is 15.3 Å². The molecule has 33 heavy (non-hydrogen) atoms. The SMILES string of the molecule is CC1(C)CC[C@]2(C)CC[C@]3(C)C(=CC[C@@H]4[C@@]5(C)C[C@H](O)[C@H](O)[C@@](C)(CO)C5=CC[C@]43C)[C@H]2C1. The number of fused-ring (bicyclic) bond motifs is 7. The Labute approximate surface area is 201 Å². The quantitative estimate of drug-likeness (QED) is 0.422. The van der Waals surface area contributed by atoms with Crippen LogP contribution in [0.4, 0.5) is 0 Å². The number of aliphatic hydroxyl groups excluding tert-OH is 3. The monoisotopic (exact) mass is 456 g/mol. The lowest BCUT2D eigenvalue weighted by molar-refractivity contribution is -0.155. The predicted molar refractivity (Wildman–Crippen MR) is 133 cm³/mol. The van der Waals surface area contributed by atoms with Gasteiger partial charge in [-0.05, 0) is 90.3 Å². The van der Waals surface area contributed by atoms with Gasteiger partial charge in [0.05, 0.1) is 18.8 Å². The highest BCUT2D eigenvalue weighted by molar-refractivity contribution is 5.40. The minimum Gasteiger partial charge on any atom is -0.395 e. The largest absolute Gasteiger partial charge is 0.395 e. The number of hydrogen-bond donors (Lipinski definition) is 3. The summed E-state index contributed by atoms with van der Waals surface area (Å²) < 4.78 is 0. The van der Waals surface area contributed by atoms with Gasteiger partial charge in [0, 0.05) is 5.41 Å². The molecule has 3 saturated carbocycles. The molecule has 0 amide bonds. The van der Waals surface area contributed by atoms with Crippen molar-refractivity contribution in [3.05, 3.63) is 23.3 Å². The smallest absolute Gasteiger partial charge is 0.0912 e. The van der Waals surface area contributed by atoms with E-state index in [1.54, 1.807) is 5.57 Å². The molecule has 0 heterocycles. The van der Waals surface area contributed by atoms with Gasteiger partial charge in [0.1, 0.15) is 0 Å². The zero-order chi connectivity index (χ0) is 24.2. The van der Waals surface area contributed by atoms with Crippen molar-refractivity contribution in [3.8, 4) is 0 Å². The van der Waals surface area contributed by atoms with Crippen LogP contribution < -0.4 is 0 Å². The molecule has 0 aromatic carbocycles. The summed E-state index contributed by atoms with van der Waals surface area (Å²) in [6.45, 7) is 16.7. The topological polar surface area (TPSA) is 60.7 Å². The maximum Gasteiger partial charge on any atom is 0.0912 e. The lowest BCUT2D eigenvalue weighted by atomic mass is 9.35. The van der Waals surface area contributed by atoms with Crippen LogP contribution in [0.1, 0.15) is 99.8 Å². The van der Waals surface area contributed by atoms with Crippen molar-refractivity contribution in [3.63, 3.8) is 0 Å². The molecule has 5 aliphatic carbocycles. The molecule has 3 fully saturated rings. The molecule has 5 aliphatic rings. The number of allylic oxidation sites excluding steroid dienone is 3. The summed E-state index contributed by atoms with van der Waals surface area (Å²) in [5.41, 5.74) is 3.09. The van der Waals surface area contributed by atoms with Crippen LogP contribution in [0.2, 0.25) is 0 Å². The van der Waals surface area contributed by atoms with Crippen molar-refractivity contribution in [1.82, 2.24) is 0 Å². The van der Waals surface area contributed by atoms with Crippen LogP contribution in [-0.2, 0) is 0 Å². The molecule has 186 valence electrons. The van der Waals surface area contributed by atoms with E-state index in [-0.39, 0.29) is 22.9 Å². The molecular weight excluding hydrogens is 408 g/mol. The number of hydrogen-bond acceptors (Lipinski definition) is 3. The summed E-state index contributed by atoms with van der Waals surface area (Å²) >= 11 is 0. The molecule has 0 aromatic heterocycles. The zero-order valence-electron chi connectivity index (χ0n) is 22.2. The first-order valence-corrected chi connectivity index (χ1v) is 13.6. The van der Waals surface area contributed by atoms with Gasteiger partial charge in [-0.15, -0.1) is 0 Å². The molecule has 0 spiro atoms. The number of rotatable bonds is 1. The lowest BCUT2D eigenvalue weighted by Crippen LogP contribution is -2.64. The predicted octanol–water partition coefficient (Wildman–Crippen LogP) is 6.03. The van der Waals surface area contributed by atoms with E-state index < -0.39 is 17.6 Å². The van der Waals surface area contributed by atoms with Crippen LogP contribution in [0.15, 0.2) is 23.3 Å². The third-order valence-electron chi connectivity index (χ3n) is 12.5. The maximum absolute atomic E-state index is 11.0. The normalized spacial score (nSPS) is 55.3. The highest BCUT2D eigenvalue weighted by Crippen LogP contribution is 2.74.